The van der Waals surface area contributed by atoms with Crippen molar-refractivity contribution in [3.63, 3.8) is 0 Å². The van der Waals surface area contributed by atoms with Gasteiger partial charge in [-0.05, 0) is 57.2 Å². The number of hydrogen-bond acceptors (Lipinski definition) is 4. The Balaban J connectivity index is 2.06. The first-order chi connectivity index (χ1) is 12.7. The average Bonchev–Trinajstić information content (AvgIpc) is 2.62. The van der Waals surface area contributed by atoms with Crippen molar-refractivity contribution in [3.8, 4) is 11.5 Å². The van der Waals surface area contributed by atoms with Crippen LogP contribution in [0, 0.1) is 5.82 Å². The van der Waals surface area contributed by atoms with Crippen molar-refractivity contribution in [1.82, 2.24) is 10.6 Å². The Kier molecular flexibility index (Phi) is 8.68. The van der Waals surface area contributed by atoms with Crippen LogP contribution in [0.1, 0.15) is 24.5 Å². The number of nitrogens with one attached hydrogen (secondary N) is 2. The molecule has 0 aliphatic rings. The minimum Gasteiger partial charge on any atom is -0.490 e. The Hall–Kier alpha value is -1.82. The van der Waals surface area contributed by atoms with E-state index in [1.54, 1.807) is 18.2 Å². The number of benzene rings is 2. The van der Waals surface area contributed by atoms with Gasteiger partial charge in [0.15, 0.2) is 11.5 Å². The molecule has 0 atom stereocenters. The maximum Gasteiger partial charge on any atom is 0.180 e. The molecule has 0 bridgehead atoms. The lowest BCUT2D eigenvalue weighted by Gasteiger charge is -2.16. The lowest BCUT2D eigenvalue weighted by atomic mass is 10.2. The van der Waals surface area contributed by atoms with E-state index in [0.29, 0.717) is 35.2 Å². The van der Waals surface area contributed by atoms with Crippen molar-refractivity contribution in [2.75, 3.05) is 26.7 Å². The zero-order valence-corrected chi connectivity index (χ0v) is 16.0. The summed E-state index contributed by atoms with van der Waals surface area (Å²) in [4.78, 5) is 0. The van der Waals surface area contributed by atoms with Crippen LogP contribution in [0.15, 0.2) is 36.4 Å². The van der Waals surface area contributed by atoms with Gasteiger partial charge in [-0.2, -0.15) is 0 Å². The van der Waals surface area contributed by atoms with E-state index in [2.05, 4.69) is 10.6 Å². The first kappa shape index (κ1) is 20.5. The summed E-state index contributed by atoms with van der Waals surface area (Å²) >= 11 is 6.40. The third kappa shape index (κ3) is 6.16. The van der Waals surface area contributed by atoms with Crippen LogP contribution in [0.5, 0.6) is 11.5 Å². The first-order valence-corrected chi connectivity index (χ1v) is 9.20. The normalized spacial score (nSPS) is 10.8. The summed E-state index contributed by atoms with van der Waals surface area (Å²) in [7, 11) is 1.94. The largest absolute Gasteiger partial charge is 0.490 e. The molecule has 0 amide bonds. The number of ether oxygens (including phenoxy) is 2. The number of hydrogen-bond donors (Lipinski definition) is 2. The van der Waals surface area contributed by atoms with Crippen molar-refractivity contribution in [2.45, 2.75) is 26.5 Å². The summed E-state index contributed by atoms with van der Waals surface area (Å²) in [5.74, 6) is 0.711. The molecule has 142 valence electrons. The van der Waals surface area contributed by atoms with Gasteiger partial charge in [0.1, 0.15) is 12.4 Å². The van der Waals surface area contributed by atoms with Crippen LogP contribution in [0.25, 0.3) is 0 Å². The van der Waals surface area contributed by atoms with Gasteiger partial charge >= 0.3 is 0 Å². The second-order valence-corrected chi connectivity index (χ2v) is 6.26. The lowest BCUT2D eigenvalue weighted by molar-refractivity contribution is 0.266. The fourth-order valence-corrected chi connectivity index (χ4v) is 2.80. The minimum atomic E-state index is -0.302. The van der Waals surface area contributed by atoms with E-state index in [1.807, 2.05) is 26.1 Å². The highest BCUT2D eigenvalue weighted by atomic mass is 35.5. The van der Waals surface area contributed by atoms with E-state index in [1.165, 1.54) is 6.07 Å². The molecule has 0 saturated carbocycles. The molecule has 0 aliphatic heterocycles. The van der Waals surface area contributed by atoms with E-state index >= 15 is 0 Å². The maximum atomic E-state index is 13.8. The van der Waals surface area contributed by atoms with Crippen LogP contribution in [0.2, 0.25) is 5.02 Å². The van der Waals surface area contributed by atoms with E-state index < -0.39 is 0 Å². The third-order valence-electron chi connectivity index (χ3n) is 3.81. The van der Waals surface area contributed by atoms with Crippen molar-refractivity contribution in [2.24, 2.45) is 0 Å². The van der Waals surface area contributed by atoms with Crippen LogP contribution in [0.3, 0.4) is 0 Å². The zero-order valence-electron chi connectivity index (χ0n) is 15.3. The monoisotopic (exact) mass is 380 g/mol. The van der Waals surface area contributed by atoms with Crippen LogP contribution in [0.4, 0.5) is 4.39 Å². The lowest BCUT2D eigenvalue weighted by Crippen LogP contribution is -2.19. The van der Waals surface area contributed by atoms with Gasteiger partial charge in [-0.3, -0.25) is 0 Å². The fraction of sp³-hybridized carbons (Fsp3) is 0.400. The fourth-order valence-electron chi connectivity index (χ4n) is 2.51. The highest BCUT2D eigenvalue weighted by Crippen LogP contribution is 2.37. The molecule has 0 aliphatic carbocycles. The quantitative estimate of drug-likeness (QED) is 0.574. The summed E-state index contributed by atoms with van der Waals surface area (Å²) in [5, 5.41) is 6.95. The Morgan fingerprint density at radius 3 is 2.65 bits per heavy atom. The first-order valence-electron chi connectivity index (χ1n) is 8.82. The van der Waals surface area contributed by atoms with Gasteiger partial charge in [-0.25, -0.2) is 4.39 Å². The Morgan fingerprint density at radius 2 is 1.92 bits per heavy atom. The van der Waals surface area contributed by atoms with Crippen molar-refractivity contribution in [1.29, 1.82) is 0 Å². The number of rotatable bonds is 11. The molecule has 0 heterocycles. The Morgan fingerprint density at radius 1 is 1.12 bits per heavy atom. The Bertz CT molecular complexity index is 698. The molecule has 0 saturated heterocycles. The predicted molar refractivity (Wildman–Crippen MR) is 104 cm³/mol. The molecule has 2 rings (SSSR count). The van der Waals surface area contributed by atoms with Gasteiger partial charge in [0, 0.05) is 12.1 Å². The summed E-state index contributed by atoms with van der Waals surface area (Å²) in [6.45, 7) is 5.06. The van der Waals surface area contributed by atoms with Gasteiger partial charge in [0.05, 0.1) is 11.6 Å². The molecule has 4 nitrogen and oxygen atoms in total. The van der Waals surface area contributed by atoms with Crippen molar-refractivity contribution in [3.05, 3.63) is 58.4 Å². The van der Waals surface area contributed by atoms with Crippen LogP contribution in [-0.2, 0) is 13.2 Å². The molecule has 2 aromatic carbocycles. The van der Waals surface area contributed by atoms with Crippen LogP contribution >= 0.6 is 11.6 Å². The second-order valence-electron chi connectivity index (χ2n) is 5.85. The van der Waals surface area contributed by atoms with Gasteiger partial charge in [0.25, 0.3) is 0 Å². The van der Waals surface area contributed by atoms with E-state index in [9.17, 15) is 4.39 Å². The topological polar surface area (TPSA) is 42.5 Å². The zero-order chi connectivity index (χ0) is 18.8. The van der Waals surface area contributed by atoms with E-state index in [-0.39, 0.29) is 12.4 Å². The van der Waals surface area contributed by atoms with Crippen molar-refractivity contribution < 1.29 is 13.9 Å². The molecule has 0 aromatic heterocycles. The van der Waals surface area contributed by atoms with E-state index in [0.717, 1.165) is 25.1 Å². The standard InChI is InChI=1S/C20H26ClFN2O2/c1-3-25-19-12-15(13-24-10-6-9-23-2)11-17(21)20(19)26-14-16-7-4-5-8-18(16)22/h4-5,7-8,11-12,23-24H,3,6,9-10,13-14H2,1-2H3. The molecular formula is C20H26ClFN2O2. The molecule has 2 N–H and O–H groups in total. The molecule has 26 heavy (non-hydrogen) atoms. The van der Waals surface area contributed by atoms with Crippen LogP contribution in [-0.4, -0.2) is 26.7 Å². The third-order valence-corrected chi connectivity index (χ3v) is 4.09. The Labute approximate surface area is 159 Å². The van der Waals surface area contributed by atoms with E-state index in [4.69, 9.17) is 21.1 Å². The van der Waals surface area contributed by atoms with Gasteiger partial charge in [0.2, 0.25) is 0 Å². The molecule has 0 spiro atoms. The summed E-state index contributed by atoms with van der Waals surface area (Å²) in [6, 6.07) is 10.3. The second kappa shape index (κ2) is 11.0. The van der Waals surface area contributed by atoms with Gasteiger partial charge in [-0.1, -0.05) is 29.8 Å². The van der Waals surface area contributed by atoms with Gasteiger partial charge < -0.3 is 20.1 Å². The SMILES string of the molecule is CCOc1cc(CNCCCNC)cc(Cl)c1OCc1ccccc1F. The smallest absolute Gasteiger partial charge is 0.180 e. The number of halogens is 2. The van der Waals surface area contributed by atoms with Gasteiger partial charge in [-0.15, -0.1) is 0 Å². The van der Waals surface area contributed by atoms with Crippen LogP contribution < -0.4 is 20.1 Å². The summed E-state index contributed by atoms with van der Waals surface area (Å²) in [5.41, 5.74) is 1.49. The molecule has 6 heteroatoms. The summed E-state index contributed by atoms with van der Waals surface area (Å²) < 4.78 is 25.2. The minimum absolute atomic E-state index is 0.0914. The maximum absolute atomic E-state index is 13.8. The summed E-state index contributed by atoms with van der Waals surface area (Å²) in [6.07, 6.45) is 1.05. The highest BCUT2D eigenvalue weighted by molar-refractivity contribution is 6.32. The van der Waals surface area contributed by atoms with Crippen molar-refractivity contribution >= 4 is 11.6 Å². The predicted octanol–water partition coefficient (Wildman–Crippen LogP) is 4.16. The average molecular weight is 381 g/mol. The molecular weight excluding hydrogens is 355 g/mol. The molecule has 0 fully saturated rings. The highest BCUT2D eigenvalue weighted by Gasteiger charge is 2.14. The molecule has 2 aromatic rings. The molecule has 0 unspecified atom stereocenters. The molecule has 0 radical (unpaired) electrons.